The number of hydrogen-bond acceptors (Lipinski definition) is 4. The van der Waals surface area contributed by atoms with Crippen molar-refractivity contribution in [2.24, 2.45) is 0 Å². The number of carbonyl (C=O) groups excluding carboxylic acids is 1. The summed E-state index contributed by atoms with van der Waals surface area (Å²) in [5.74, 6) is 0.961. The number of pyridine rings is 1. The minimum absolute atomic E-state index is 0.0677. The van der Waals surface area contributed by atoms with E-state index < -0.39 is 0 Å². The number of fused-ring (bicyclic) bond motifs is 1. The van der Waals surface area contributed by atoms with Crippen LogP contribution in [-0.4, -0.2) is 20.0 Å². The molecule has 0 unspecified atom stereocenters. The van der Waals surface area contributed by atoms with Crippen molar-refractivity contribution in [2.75, 3.05) is 5.32 Å². The molecular weight excluding hydrogens is 368 g/mol. The molecule has 0 saturated carbocycles. The second kappa shape index (κ2) is 8.02. The summed E-state index contributed by atoms with van der Waals surface area (Å²) in [6, 6.07) is 18.1. The molecule has 0 fully saturated rings. The van der Waals surface area contributed by atoms with E-state index in [0.29, 0.717) is 23.7 Å². The molecule has 2 aromatic carbocycles. The van der Waals surface area contributed by atoms with Crippen molar-refractivity contribution in [3.8, 4) is 11.5 Å². The number of nitrogens with one attached hydrogen (secondary N) is 1. The van der Waals surface area contributed by atoms with Crippen LogP contribution in [0.1, 0.15) is 6.92 Å². The topological polar surface area (TPSA) is 78.2 Å². The maximum Gasteiger partial charge on any atom is 0.329 e. The van der Waals surface area contributed by atoms with E-state index in [-0.39, 0.29) is 18.1 Å². The van der Waals surface area contributed by atoms with Crippen molar-refractivity contribution in [3.63, 3.8) is 0 Å². The molecule has 0 radical (unpaired) electrons. The van der Waals surface area contributed by atoms with Crippen LogP contribution in [0.2, 0.25) is 0 Å². The minimum Gasteiger partial charge on any atom is -0.457 e. The van der Waals surface area contributed by atoms with Gasteiger partial charge >= 0.3 is 5.69 Å². The van der Waals surface area contributed by atoms with Crippen LogP contribution in [0.15, 0.2) is 77.9 Å². The van der Waals surface area contributed by atoms with Crippen LogP contribution in [0.25, 0.3) is 11.0 Å². The Balaban J connectivity index is 1.52. The lowest BCUT2D eigenvalue weighted by atomic mass is 10.3. The van der Waals surface area contributed by atoms with Crippen molar-refractivity contribution < 1.29 is 9.53 Å². The standard InChI is InChI=1S/C22H20N4O3/c1-2-25-19-8-3-4-9-20(19)26(22(25)28)15-21(27)24-16-6-5-7-18(14-16)29-17-10-12-23-13-11-17/h3-14H,2,15H2,1H3,(H,24,27). The number of rotatable bonds is 6. The molecular formula is C22H20N4O3. The largest absolute Gasteiger partial charge is 0.457 e. The quantitative estimate of drug-likeness (QED) is 0.547. The molecule has 0 aliphatic carbocycles. The van der Waals surface area contributed by atoms with Gasteiger partial charge in [0.05, 0.1) is 11.0 Å². The summed E-state index contributed by atoms with van der Waals surface area (Å²) in [5.41, 5.74) is 1.96. The van der Waals surface area contributed by atoms with E-state index in [2.05, 4.69) is 10.3 Å². The van der Waals surface area contributed by atoms with Gasteiger partial charge in [0, 0.05) is 30.7 Å². The van der Waals surface area contributed by atoms with Crippen molar-refractivity contribution in [1.29, 1.82) is 0 Å². The number of ether oxygens (including phenoxy) is 1. The third-order valence-corrected chi connectivity index (χ3v) is 4.55. The van der Waals surface area contributed by atoms with Gasteiger partial charge < -0.3 is 10.1 Å². The number of hydrogen-bond donors (Lipinski definition) is 1. The number of nitrogens with zero attached hydrogens (tertiary/aromatic N) is 3. The average Bonchev–Trinajstić information content (AvgIpc) is 3.00. The van der Waals surface area contributed by atoms with Gasteiger partial charge in [-0.25, -0.2) is 4.79 Å². The summed E-state index contributed by atoms with van der Waals surface area (Å²) in [7, 11) is 0. The van der Waals surface area contributed by atoms with Gasteiger partial charge in [-0.2, -0.15) is 0 Å². The number of para-hydroxylation sites is 2. The van der Waals surface area contributed by atoms with Crippen LogP contribution in [0.5, 0.6) is 11.5 Å². The first-order chi connectivity index (χ1) is 14.2. The molecule has 1 amide bonds. The summed E-state index contributed by atoms with van der Waals surface area (Å²) >= 11 is 0. The normalized spacial score (nSPS) is 10.8. The number of benzene rings is 2. The molecule has 29 heavy (non-hydrogen) atoms. The maximum absolute atomic E-state index is 12.7. The molecule has 0 spiro atoms. The van der Waals surface area contributed by atoms with Crippen LogP contribution in [-0.2, 0) is 17.9 Å². The molecule has 0 aliphatic heterocycles. The van der Waals surface area contributed by atoms with Crippen LogP contribution < -0.4 is 15.7 Å². The molecule has 2 heterocycles. The summed E-state index contributed by atoms with van der Waals surface area (Å²) in [4.78, 5) is 29.3. The second-order valence-corrected chi connectivity index (χ2v) is 6.46. The Morgan fingerprint density at radius 1 is 0.966 bits per heavy atom. The zero-order valence-electron chi connectivity index (χ0n) is 15.9. The number of aromatic nitrogens is 3. The highest BCUT2D eigenvalue weighted by molar-refractivity contribution is 5.91. The van der Waals surface area contributed by atoms with Gasteiger partial charge in [0.1, 0.15) is 18.0 Å². The average molecular weight is 388 g/mol. The molecule has 7 heteroatoms. The molecule has 0 atom stereocenters. The van der Waals surface area contributed by atoms with E-state index in [0.717, 1.165) is 11.0 Å². The van der Waals surface area contributed by atoms with Crippen LogP contribution in [0.4, 0.5) is 5.69 Å². The smallest absolute Gasteiger partial charge is 0.329 e. The molecule has 0 saturated heterocycles. The van der Waals surface area contributed by atoms with E-state index in [4.69, 9.17) is 4.74 Å². The fourth-order valence-electron chi connectivity index (χ4n) is 3.25. The molecule has 2 aromatic heterocycles. The Morgan fingerprint density at radius 2 is 1.69 bits per heavy atom. The molecule has 1 N–H and O–H groups in total. The van der Waals surface area contributed by atoms with Crippen molar-refractivity contribution in [2.45, 2.75) is 20.0 Å². The van der Waals surface area contributed by atoms with E-state index in [1.54, 1.807) is 53.4 Å². The number of anilines is 1. The predicted molar refractivity (Wildman–Crippen MR) is 111 cm³/mol. The van der Waals surface area contributed by atoms with E-state index in [1.165, 1.54) is 4.57 Å². The first-order valence-corrected chi connectivity index (χ1v) is 9.31. The first-order valence-electron chi connectivity index (χ1n) is 9.31. The predicted octanol–water partition coefficient (Wildman–Crippen LogP) is 3.65. The second-order valence-electron chi connectivity index (χ2n) is 6.46. The van der Waals surface area contributed by atoms with Crippen molar-refractivity contribution >= 4 is 22.6 Å². The summed E-state index contributed by atoms with van der Waals surface area (Å²) in [5, 5.41) is 2.84. The SMILES string of the molecule is CCn1c(=O)n(CC(=O)Nc2cccc(Oc3ccncc3)c2)c2ccccc21. The lowest BCUT2D eigenvalue weighted by Crippen LogP contribution is -2.29. The highest BCUT2D eigenvalue weighted by atomic mass is 16.5. The first kappa shape index (κ1) is 18.5. The van der Waals surface area contributed by atoms with Crippen LogP contribution in [0.3, 0.4) is 0 Å². The molecule has 7 nitrogen and oxygen atoms in total. The van der Waals surface area contributed by atoms with Gasteiger partial charge in [0.25, 0.3) is 0 Å². The van der Waals surface area contributed by atoms with Gasteiger partial charge in [-0.3, -0.25) is 18.9 Å². The Morgan fingerprint density at radius 3 is 2.41 bits per heavy atom. The van der Waals surface area contributed by atoms with Gasteiger partial charge in [-0.05, 0) is 43.3 Å². The fraction of sp³-hybridized carbons (Fsp3) is 0.136. The van der Waals surface area contributed by atoms with E-state index in [9.17, 15) is 9.59 Å². The monoisotopic (exact) mass is 388 g/mol. The maximum atomic E-state index is 12.7. The molecule has 4 rings (SSSR count). The van der Waals surface area contributed by atoms with Gasteiger partial charge in [0.2, 0.25) is 5.91 Å². The van der Waals surface area contributed by atoms with Gasteiger partial charge in [0.15, 0.2) is 0 Å². The van der Waals surface area contributed by atoms with Crippen LogP contribution >= 0.6 is 0 Å². The van der Waals surface area contributed by atoms with E-state index in [1.807, 2.05) is 31.2 Å². The third kappa shape index (κ3) is 3.89. The van der Waals surface area contributed by atoms with Crippen molar-refractivity contribution in [3.05, 3.63) is 83.5 Å². The lowest BCUT2D eigenvalue weighted by Gasteiger charge is -2.09. The number of imidazole rings is 1. The van der Waals surface area contributed by atoms with E-state index >= 15 is 0 Å². The zero-order valence-corrected chi connectivity index (χ0v) is 15.9. The number of aryl methyl sites for hydroxylation is 1. The third-order valence-electron chi connectivity index (χ3n) is 4.55. The summed E-state index contributed by atoms with van der Waals surface area (Å²) in [6.45, 7) is 2.39. The Labute approximate surface area is 167 Å². The van der Waals surface area contributed by atoms with Crippen molar-refractivity contribution in [1.82, 2.24) is 14.1 Å². The molecule has 4 aromatic rings. The zero-order chi connectivity index (χ0) is 20.2. The lowest BCUT2D eigenvalue weighted by molar-refractivity contribution is -0.116. The fourth-order valence-corrected chi connectivity index (χ4v) is 3.25. The number of amides is 1. The summed E-state index contributed by atoms with van der Waals surface area (Å²) < 4.78 is 8.91. The minimum atomic E-state index is -0.285. The molecule has 0 aliphatic rings. The Bertz CT molecular complexity index is 1210. The Kier molecular flexibility index (Phi) is 5.11. The Hall–Kier alpha value is -3.87. The van der Waals surface area contributed by atoms with Crippen LogP contribution in [0, 0.1) is 0 Å². The highest BCUT2D eigenvalue weighted by Gasteiger charge is 2.14. The van der Waals surface area contributed by atoms with Gasteiger partial charge in [-0.15, -0.1) is 0 Å². The molecule has 0 bridgehead atoms. The summed E-state index contributed by atoms with van der Waals surface area (Å²) in [6.07, 6.45) is 3.29. The number of carbonyl (C=O) groups is 1. The molecule has 146 valence electrons. The van der Waals surface area contributed by atoms with Gasteiger partial charge in [-0.1, -0.05) is 18.2 Å². The highest BCUT2D eigenvalue weighted by Crippen LogP contribution is 2.23.